The fraction of sp³-hybridized carbons (Fsp3) is 0.250. The normalized spacial score (nSPS) is 10.8. The topological polar surface area (TPSA) is 68.4 Å². The third kappa shape index (κ3) is 4.24. The average Bonchev–Trinajstić information content (AvgIpc) is 2.72. The maximum absolute atomic E-state index is 12.4. The van der Waals surface area contributed by atoms with Crippen LogP contribution in [0.3, 0.4) is 0 Å². The highest BCUT2D eigenvalue weighted by atomic mass is 16.5. The molecule has 5 nitrogen and oxygen atoms in total. The second kappa shape index (κ2) is 8.35. The molecule has 0 spiro atoms. The molecule has 0 bridgehead atoms. The molecule has 2 aromatic carbocycles. The maximum Gasteiger partial charge on any atom is 0.251 e. The number of aromatic nitrogens is 1. The Bertz CT molecular complexity index is 1020. The maximum atomic E-state index is 12.4. The summed E-state index contributed by atoms with van der Waals surface area (Å²) in [5.41, 5.74) is 11.5. The number of carbonyl (C=O) groups is 1. The second-order valence-corrected chi connectivity index (χ2v) is 7.51. The Hall–Kier alpha value is -3.34. The number of hydrogen-bond donors (Lipinski definition) is 1. The molecule has 3 rings (SSSR count). The van der Waals surface area contributed by atoms with Gasteiger partial charge in [-0.15, -0.1) is 0 Å². The molecule has 0 saturated carbocycles. The molecule has 0 aliphatic carbocycles. The number of carbonyl (C=O) groups excluding carboxylic acids is 1. The Balaban J connectivity index is 2.26. The van der Waals surface area contributed by atoms with E-state index in [0.717, 1.165) is 33.8 Å². The van der Waals surface area contributed by atoms with Crippen molar-refractivity contribution < 1.29 is 9.53 Å². The monoisotopic (exact) mass is 389 g/mol. The molecule has 0 atom stereocenters. The van der Waals surface area contributed by atoms with Crippen LogP contribution in [0.25, 0.3) is 22.4 Å². The first-order valence-electron chi connectivity index (χ1n) is 9.58. The van der Waals surface area contributed by atoms with Gasteiger partial charge in [-0.1, -0.05) is 38.1 Å². The van der Waals surface area contributed by atoms with E-state index in [2.05, 4.69) is 17.0 Å². The van der Waals surface area contributed by atoms with Crippen molar-refractivity contribution in [2.24, 2.45) is 5.73 Å². The molecule has 1 aromatic heterocycles. The van der Waals surface area contributed by atoms with Gasteiger partial charge in [-0.25, -0.2) is 0 Å². The molecule has 0 unspecified atom stereocenters. The van der Waals surface area contributed by atoms with Crippen LogP contribution >= 0.6 is 0 Å². The van der Waals surface area contributed by atoms with E-state index < -0.39 is 5.91 Å². The minimum absolute atomic E-state index is 0.0443. The fourth-order valence-corrected chi connectivity index (χ4v) is 3.34. The van der Waals surface area contributed by atoms with Crippen LogP contribution in [0.1, 0.15) is 35.8 Å². The summed E-state index contributed by atoms with van der Waals surface area (Å²) in [4.78, 5) is 19.3. The average molecular weight is 389 g/mol. The standard InChI is InChI=1S/C24H27N3O2/c1-15(2)23-22(24(25)28)20(17-7-6-8-19(13-17)29-5)14-21(26-23)16-9-11-18(12-10-16)27(3)4/h6-15H,1-5H3,(H2,25,28). The molecule has 0 aliphatic heterocycles. The van der Waals surface area contributed by atoms with E-state index in [4.69, 9.17) is 15.5 Å². The summed E-state index contributed by atoms with van der Waals surface area (Å²) in [6.45, 7) is 4.03. The molecule has 0 fully saturated rings. The zero-order chi connectivity index (χ0) is 21.1. The summed E-state index contributed by atoms with van der Waals surface area (Å²) in [6, 6.07) is 17.8. The summed E-state index contributed by atoms with van der Waals surface area (Å²) < 4.78 is 5.37. The molecule has 5 heteroatoms. The Morgan fingerprint density at radius 1 is 1.03 bits per heavy atom. The molecule has 0 aliphatic rings. The number of nitrogens with two attached hydrogens (primary N) is 1. The lowest BCUT2D eigenvalue weighted by Gasteiger charge is -2.18. The molecule has 2 N–H and O–H groups in total. The van der Waals surface area contributed by atoms with Crippen molar-refractivity contribution in [2.45, 2.75) is 19.8 Å². The summed E-state index contributed by atoms with van der Waals surface area (Å²) in [7, 11) is 5.64. The number of methoxy groups -OCH3 is 1. The van der Waals surface area contributed by atoms with Crippen molar-refractivity contribution >= 4 is 11.6 Å². The molecule has 1 amide bonds. The number of ether oxygens (including phenoxy) is 1. The number of pyridine rings is 1. The van der Waals surface area contributed by atoms with E-state index >= 15 is 0 Å². The van der Waals surface area contributed by atoms with Gasteiger partial charge in [0.2, 0.25) is 0 Å². The van der Waals surface area contributed by atoms with Crippen molar-refractivity contribution in [2.75, 3.05) is 26.1 Å². The van der Waals surface area contributed by atoms with Crippen LogP contribution in [0.5, 0.6) is 5.75 Å². The van der Waals surface area contributed by atoms with E-state index in [0.29, 0.717) is 11.3 Å². The predicted molar refractivity (Wildman–Crippen MR) is 119 cm³/mol. The molecule has 29 heavy (non-hydrogen) atoms. The third-order valence-corrected chi connectivity index (χ3v) is 4.90. The van der Waals surface area contributed by atoms with Crippen LogP contribution in [-0.2, 0) is 0 Å². The van der Waals surface area contributed by atoms with E-state index in [1.807, 2.05) is 70.4 Å². The highest BCUT2D eigenvalue weighted by Gasteiger charge is 2.21. The Morgan fingerprint density at radius 2 is 1.72 bits per heavy atom. The SMILES string of the molecule is COc1cccc(-c2cc(-c3ccc(N(C)C)cc3)nc(C(C)C)c2C(N)=O)c1. The van der Waals surface area contributed by atoms with Gasteiger partial charge in [-0.3, -0.25) is 9.78 Å². The number of rotatable bonds is 6. The van der Waals surface area contributed by atoms with Crippen LogP contribution in [0, 0.1) is 0 Å². The quantitative estimate of drug-likeness (QED) is 0.663. The lowest BCUT2D eigenvalue weighted by Crippen LogP contribution is -2.18. The lowest BCUT2D eigenvalue weighted by atomic mass is 9.92. The van der Waals surface area contributed by atoms with Gasteiger partial charge in [0, 0.05) is 25.3 Å². The zero-order valence-corrected chi connectivity index (χ0v) is 17.6. The van der Waals surface area contributed by atoms with E-state index in [9.17, 15) is 4.79 Å². The van der Waals surface area contributed by atoms with Gasteiger partial charge in [0.05, 0.1) is 24.1 Å². The van der Waals surface area contributed by atoms with E-state index in [-0.39, 0.29) is 5.92 Å². The fourth-order valence-electron chi connectivity index (χ4n) is 3.34. The van der Waals surface area contributed by atoms with Crippen molar-refractivity contribution in [1.29, 1.82) is 0 Å². The first-order chi connectivity index (χ1) is 13.8. The highest BCUT2D eigenvalue weighted by Crippen LogP contribution is 2.34. The van der Waals surface area contributed by atoms with Crippen LogP contribution in [0.2, 0.25) is 0 Å². The third-order valence-electron chi connectivity index (χ3n) is 4.90. The number of hydrogen-bond acceptors (Lipinski definition) is 4. The highest BCUT2D eigenvalue weighted by molar-refractivity contribution is 6.02. The first kappa shape index (κ1) is 20.4. The van der Waals surface area contributed by atoms with Gasteiger partial charge >= 0.3 is 0 Å². The Morgan fingerprint density at radius 3 is 2.28 bits per heavy atom. The van der Waals surface area contributed by atoms with Crippen molar-refractivity contribution in [3.8, 4) is 28.1 Å². The molecule has 0 radical (unpaired) electrons. The molecular formula is C24H27N3O2. The van der Waals surface area contributed by atoms with Crippen molar-refractivity contribution in [3.05, 3.63) is 65.9 Å². The molecule has 1 heterocycles. The van der Waals surface area contributed by atoms with E-state index in [1.54, 1.807) is 7.11 Å². The van der Waals surface area contributed by atoms with Gasteiger partial charge in [-0.05, 0) is 47.4 Å². The van der Waals surface area contributed by atoms with Crippen LogP contribution in [-0.4, -0.2) is 32.1 Å². The summed E-state index contributed by atoms with van der Waals surface area (Å²) in [6.07, 6.45) is 0. The summed E-state index contributed by atoms with van der Waals surface area (Å²) in [5.74, 6) is 0.286. The molecule has 0 saturated heterocycles. The minimum atomic E-state index is -0.478. The lowest BCUT2D eigenvalue weighted by molar-refractivity contribution is 0.0999. The summed E-state index contributed by atoms with van der Waals surface area (Å²) in [5, 5.41) is 0. The Labute approximate surface area is 172 Å². The predicted octanol–water partition coefficient (Wildman–Crippen LogP) is 4.71. The van der Waals surface area contributed by atoms with Crippen molar-refractivity contribution in [3.63, 3.8) is 0 Å². The molecule has 150 valence electrons. The van der Waals surface area contributed by atoms with Gasteiger partial charge in [-0.2, -0.15) is 0 Å². The second-order valence-electron chi connectivity index (χ2n) is 7.51. The van der Waals surface area contributed by atoms with Crippen LogP contribution in [0.15, 0.2) is 54.6 Å². The zero-order valence-electron chi connectivity index (χ0n) is 17.6. The number of amides is 1. The number of anilines is 1. The molecule has 3 aromatic rings. The smallest absolute Gasteiger partial charge is 0.251 e. The number of primary amides is 1. The van der Waals surface area contributed by atoms with Crippen LogP contribution in [0.4, 0.5) is 5.69 Å². The minimum Gasteiger partial charge on any atom is -0.497 e. The number of nitrogens with zero attached hydrogens (tertiary/aromatic N) is 2. The largest absolute Gasteiger partial charge is 0.497 e. The summed E-state index contributed by atoms with van der Waals surface area (Å²) >= 11 is 0. The van der Waals surface area contributed by atoms with Crippen molar-refractivity contribution in [1.82, 2.24) is 4.98 Å². The number of benzene rings is 2. The Kier molecular flexibility index (Phi) is 5.87. The van der Waals surface area contributed by atoms with Crippen LogP contribution < -0.4 is 15.4 Å². The first-order valence-corrected chi connectivity index (χ1v) is 9.58. The van der Waals surface area contributed by atoms with Gasteiger partial charge in [0.25, 0.3) is 5.91 Å². The van der Waals surface area contributed by atoms with E-state index in [1.165, 1.54) is 0 Å². The molecular weight excluding hydrogens is 362 g/mol. The van der Waals surface area contributed by atoms with Gasteiger partial charge < -0.3 is 15.4 Å². The van der Waals surface area contributed by atoms with Gasteiger partial charge in [0.1, 0.15) is 5.75 Å². The van der Waals surface area contributed by atoms with Gasteiger partial charge in [0.15, 0.2) is 0 Å².